The van der Waals surface area contributed by atoms with Gasteiger partial charge in [0.1, 0.15) is 12.4 Å². The highest BCUT2D eigenvalue weighted by molar-refractivity contribution is 5.69. The minimum atomic E-state index is 0.405. The maximum Gasteiger partial charge on any atom is 0.213 e. The van der Waals surface area contributed by atoms with Crippen LogP contribution >= 0.6 is 0 Å². The van der Waals surface area contributed by atoms with Gasteiger partial charge < -0.3 is 9.47 Å². The average molecular weight is 292 g/mol. The van der Waals surface area contributed by atoms with E-state index in [1.165, 1.54) is 0 Å². The van der Waals surface area contributed by atoms with Crippen LogP contribution in [-0.2, 0) is 6.61 Å². The highest BCUT2D eigenvalue weighted by Crippen LogP contribution is 2.29. The molecule has 0 unspecified atom stereocenters. The van der Waals surface area contributed by atoms with Crippen molar-refractivity contribution in [1.29, 1.82) is 0 Å². The summed E-state index contributed by atoms with van der Waals surface area (Å²) in [7, 11) is 1.66. The lowest BCUT2D eigenvalue weighted by atomic mass is 10.1. The van der Waals surface area contributed by atoms with Crippen molar-refractivity contribution in [2.24, 2.45) is 0 Å². The standard InChI is InChI=1S/C18H16N2O2/c1-21-17-8-3-2-7-16(17)14-9-10-18(20-12-14)22-13-15-6-4-5-11-19-15/h2-12H,13H2,1H3. The van der Waals surface area contributed by atoms with E-state index in [0.29, 0.717) is 12.5 Å². The fraction of sp³-hybridized carbons (Fsp3) is 0.111. The minimum absolute atomic E-state index is 0.405. The molecule has 0 spiro atoms. The molecule has 0 fully saturated rings. The first kappa shape index (κ1) is 14.1. The Morgan fingerprint density at radius 2 is 1.77 bits per heavy atom. The predicted octanol–water partition coefficient (Wildman–Crippen LogP) is 3.73. The summed E-state index contributed by atoms with van der Waals surface area (Å²) in [5.74, 6) is 1.40. The molecule has 0 atom stereocenters. The van der Waals surface area contributed by atoms with Crippen LogP contribution in [0.25, 0.3) is 11.1 Å². The quantitative estimate of drug-likeness (QED) is 0.718. The van der Waals surface area contributed by atoms with Gasteiger partial charge in [0.25, 0.3) is 0 Å². The number of ether oxygens (including phenoxy) is 2. The molecule has 2 heterocycles. The number of methoxy groups -OCH3 is 1. The van der Waals surface area contributed by atoms with E-state index in [-0.39, 0.29) is 0 Å². The van der Waals surface area contributed by atoms with E-state index < -0.39 is 0 Å². The van der Waals surface area contributed by atoms with Crippen LogP contribution in [0.1, 0.15) is 5.69 Å². The van der Waals surface area contributed by atoms with E-state index >= 15 is 0 Å². The zero-order valence-corrected chi connectivity index (χ0v) is 12.3. The smallest absolute Gasteiger partial charge is 0.213 e. The lowest BCUT2D eigenvalue weighted by molar-refractivity contribution is 0.289. The van der Waals surface area contributed by atoms with Gasteiger partial charge in [-0.05, 0) is 24.3 Å². The van der Waals surface area contributed by atoms with Gasteiger partial charge in [0, 0.05) is 29.6 Å². The van der Waals surface area contributed by atoms with Gasteiger partial charge in [-0.2, -0.15) is 0 Å². The number of aromatic nitrogens is 2. The third-order valence-corrected chi connectivity index (χ3v) is 3.25. The van der Waals surface area contributed by atoms with E-state index in [0.717, 1.165) is 22.6 Å². The monoisotopic (exact) mass is 292 g/mol. The minimum Gasteiger partial charge on any atom is -0.496 e. The van der Waals surface area contributed by atoms with Crippen LogP contribution in [0.4, 0.5) is 0 Å². The van der Waals surface area contributed by atoms with Gasteiger partial charge in [0.2, 0.25) is 5.88 Å². The van der Waals surface area contributed by atoms with Crippen molar-refractivity contribution in [3.05, 3.63) is 72.7 Å². The normalized spacial score (nSPS) is 10.2. The van der Waals surface area contributed by atoms with E-state index in [4.69, 9.17) is 9.47 Å². The molecule has 1 aromatic carbocycles. The lowest BCUT2D eigenvalue weighted by Gasteiger charge is -2.09. The molecule has 0 radical (unpaired) electrons. The Bertz CT molecular complexity index is 728. The van der Waals surface area contributed by atoms with Gasteiger partial charge in [-0.1, -0.05) is 24.3 Å². The van der Waals surface area contributed by atoms with E-state index in [9.17, 15) is 0 Å². The highest BCUT2D eigenvalue weighted by Gasteiger charge is 2.05. The molecular weight excluding hydrogens is 276 g/mol. The molecule has 110 valence electrons. The van der Waals surface area contributed by atoms with Gasteiger partial charge in [-0.3, -0.25) is 4.98 Å². The summed E-state index contributed by atoms with van der Waals surface area (Å²) in [6.07, 6.45) is 3.53. The highest BCUT2D eigenvalue weighted by atomic mass is 16.5. The fourth-order valence-corrected chi connectivity index (χ4v) is 2.14. The van der Waals surface area contributed by atoms with E-state index in [2.05, 4.69) is 9.97 Å². The number of hydrogen-bond donors (Lipinski definition) is 0. The maximum absolute atomic E-state index is 5.63. The number of para-hydroxylation sites is 1. The second-order valence-corrected chi connectivity index (χ2v) is 4.70. The zero-order chi connectivity index (χ0) is 15.2. The third kappa shape index (κ3) is 3.23. The molecule has 0 aliphatic rings. The molecule has 4 heteroatoms. The molecule has 3 rings (SSSR count). The molecule has 0 saturated carbocycles. The van der Waals surface area contributed by atoms with Gasteiger partial charge >= 0.3 is 0 Å². The summed E-state index contributed by atoms with van der Waals surface area (Å²) >= 11 is 0. The Hall–Kier alpha value is -2.88. The topological polar surface area (TPSA) is 44.2 Å². The van der Waals surface area contributed by atoms with Crippen molar-refractivity contribution in [3.8, 4) is 22.8 Å². The van der Waals surface area contributed by atoms with Crippen LogP contribution in [0, 0.1) is 0 Å². The van der Waals surface area contributed by atoms with Gasteiger partial charge in [0.05, 0.1) is 12.8 Å². The summed E-state index contributed by atoms with van der Waals surface area (Å²) < 4.78 is 11.0. The Labute approximate surface area is 129 Å². The number of hydrogen-bond acceptors (Lipinski definition) is 4. The predicted molar refractivity (Wildman–Crippen MR) is 84.8 cm³/mol. The molecule has 0 aliphatic heterocycles. The van der Waals surface area contributed by atoms with Crippen molar-refractivity contribution in [2.45, 2.75) is 6.61 Å². The second kappa shape index (κ2) is 6.72. The first-order chi connectivity index (χ1) is 10.9. The Kier molecular flexibility index (Phi) is 4.30. The summed E-state index contributed by atoms with van der Waals surface area (Å²) in [6, 6.07) is 17.4. The Balaban J connectivity index is 1.73. The van der Waals surface area contributed by atoms with Crippen molar-refractivity contribution in [2.75, 3.05) is 7.11 Å². The second-order valence-electron chi connectivity index (χ2n) is 4.70. The van der Waals surface area contributed by atoms with E-state index in [1.54, 1.807) is 19.5 Å². The molecule has 2 aromatic heterocycles. The van der Waals surface area contributed by atoms with Crippen molar-refractivity contribution in [3.63, 3.8) is 0 Å². The molecule has 0 N–H and O–H groups in total. The van der Waals surface area contributed by atoms with Gasteiger partial charge in [-0.15, -0.1) is 0 Å². The molecule has 0 aliphatic carbocycles. The number of nitrogens with zero attached hydrogens (tertiary/aromatic N) is 2. The largest absolute Gasteiger partial charge is 0.496 e. The number of benzene rings is 1. The maximum atomic E-state index is 5.63. The van der Waals surface area contributed by atoms with Crippen LogP contribution in [0.3, 0.4) is 0 Å². The molecule has 0 saturated heterocycles. The van der Waals surface area contributed by atoms with Gasteiger partial charge in [0.15, 0.2) is 0 Å². The van der Waals surface area contributed by atoms with Crippen molar-refractivity contribution >= 4 is 0 Å². The van der Waals surface area contributed by atoms with Crippen LogP contribution < -0.4 is 9.47 Å². The third-order valence-electron chi connectivity index (χ3n) is 3.25. The number of rotatable bonds is 5. The molecule has 0 bridgehead atoms. The summed E-state index contributed by atoms with van der Waals surface area (Å²) in [5.41, 5.74) is 2.87. The van der Waals surface area contributed by atoms with Crippen LogP contribution in [-0.4, -0.2) is 17.1 Å². The van der Waals surface area contributed by atoms with Crippen LogP contribution in [0.5, 0.6) is 11.6 Å². The lowest BCUT2D eigenvalue weighted by Crippen LogP contribution is -1.99. The molecular formula is C18H16N2O2. The van der Waals surface area contributed by atoms with E-state index in [1.807, 2.05) is 54.6 Å². The first-order valence-corrected chi connectivity index (χ1v) is 6.99. The number of pyridine rings is 2. The summed E-state index contributed by atoms with van der Waals surface area (Å²) in [6.45, 7) is 0.405. The first-order valence-electron chi connectivity index (χ1n) is 6.99. The fourth-order valence-electron chi connectivity index (χ4n) is 2.14. The van der Waals surface area contributed by atoms with Crippen LogP contribution in [0.15, 0.2) is 67.0 Å². The average Bonchev–Trinajstić information content (AvgIpc) is 2.61. The van der Waals surface area contributed by atoms with Gasteiger partial charge in [-0.25, -0.2) is 4.98 Å². The molecule has 3 aromatic rings. The summed E-state index contributed by atoms with van der Waals surface area (Å²) in [5, 5.41) is 0. The summed E-state index contributed by atoms with van der Waals surface area (Å²) in [4.78, 5) is 8.55. The van der Waals surface area contributed by atoms with Crippen LogP contribution in [0.2, 0.25) is 0 Å². The zero-order valence-electron chi connectivity index (χ0n) is 12.3. The van der Waals surface area contributed by atoms with Crippen molar-refractivity contribution < 1.29 is 9.47 Å². The van der Waals surface area contributed by atoms with Crippen molar-refractivity contribution in [1.82, 2.24) is 9.97 Å². The SMILES string of the molecule is COc1ccccc1-c1ccc(OCc2ccccn2)nc1. The molecule has 22 heavy (non-hydrogen) atoms. The molecule has 0 amide bonds. The Morgan fingerprint density at radius 1 is 0.909 bits per heavy atom. The molecule has 4 nitrogen and oxygen atoms in total. The Morgan fingerprint density at radius 3 is 2.50 bits per heavy atom.